The Kier molecular flexibility index (Phi) is 4.53. The average molecular weight is 344 g/mol. The van der Waals surface area contributed by atoms with Crippen LogP contribution < -0.4 is 5.32 Å². The summed E-state index contributed by atoms with van der Waals surface area (Å²) in [7, 11) is 0. The summed E-state index contributed by atoms with van der Waals surface area (Å²) in [6, 6.07) is 3.75. The van der Waals surface area contributed by atoms with Gasteiger partial charge < -0.3 is 14.3 Å². The van der Waals surface area contributed by atoms with Crippen LogP contribution in [0.15, 0.2) is 47.0 Å². The highest BCUT2D eigenvalue weighted by molar-refractivity contribution is 7.13. The third-order valence-electron chi connectivity index (χ3n) is 3.83. The van der Waals surface area contributed by atoms with Crippen molar-refractivity contribution >= 4 is 17.2 Å². The Hall–Kier alpha value is -2.41. The number of aromatic nitrogens is 3. The van der Waals surface area contributed by atoms with E-state index in [1.54, 1.807) is 12.5 Å². The molecule has 0 aliphatic carbocycles. The number of nitrogens with one attached hydrogen (secondary N) is 1. The number of hydrogen-bond acceptors (Lipinski definition) is 5. The van der Waals surface area contributed by atoms with Gasteiger partial charge in [-0.1, -0.05) is 26.8 Å². The zero-order chi connectivity index (χ0) is 17.2. The zero-order valence-corrected chi connectivity index (χ0v) is 14.7. The molecule has 0 fully saturated rings. The maximum atomic E-state index is 12.8. The Labute approximate surface area is 144 Å². The van der Waals surface area contributed by atoms with E-state index in [0.717, 1.165) is 4.88 Å². The van der Waals surface area contributed by atoms with Gasteiger partial charge in [0, 0.05) is 18.9 Å². The van der Waals surface area contributed by atoms with Crippen LogP contribution in [0.3, 0.4) is 0 Å². The molecular formula is C17H20N4O2S. The van der Waals surface area contributed by atoms with Crippen molar-refractivity contribution in [2.45, 2.75) is 33.4 Å². The number of thiophene rings is 1. The van der Waals surface area contributed by atoms with Gasteiger partial charge in [-0.05, 0) is 16.9 Å². The number of carbonyl (C=O) groups excluding carboxylic acids is 1. The van der Waals surface area contributed by atoms with Gasteiger partial charge in [0.2, 0.25) is 0 Å². The number of nitrogens with zero attached hydrogens (tertiary/aromatic N) is 3. The summed E-state index contributed by atoms with van der Waals surface area (Å²) in [4.78, 5) is 21.8. The molecule has 1 amide bonds. The molecule has 0 bridgehead atoms. The van der Waals surface area contributed by atoms with Gasteiger partial charge in [0.1, 0.15) is 0 Å². The lowest BCUT2D eigenvalue weighted by molar-refractivity contribution is 0.0888. The molecule has 24 heavy (non-hydrogen) atoms. The molecule has 0 spiro atoms. The highest BCUT2D eigenvalue weighted by Gasteiger charge is 2.29. The van der Waals surface area contributed by atoms with Crippen LogP contribution in [0.1, 0.15) is 31.3 Å². The summed E-state index contributed by atoms with van der Waals surface area (Å²) in [5.41, 5.74) is 0.199. The molecule has 3 aromatic heterocycles. The summed E-state index contributed by atoms with van der Waals surface area (Å²) in [5.74, 6) is 0.282. The molecule has 6 nitrogen and oxygen atoms in total. The van der Waals surface area contributed by atoms with E-state index in [1.807, 2.05) is 28.3 Å². The van der Waals surface area contributed by atoms with Gasteiger partial charge in [-0.3, -0.25) is 4.79 Å². The number of carbonyl (C=O) groups is 1. The van der Waals surface area contributed by atoms with Gasteiger partial charge in [-0.15, -0.1) is 11.3 Å². The smallest absolute Gasteiger partial charge is 0.274 e. The third-order valence-corrected chi connectivity index (χ3v) is 4.70. The second kappa shape index (κ2) is 6.60. The molecular weight excluding hydrogens is 324 g/mol. The van der Waals surface area contributed by atoms with E-state index in [2.05, 4.69) is 36.1 Å². The van der Waals surface area contributed by atoms with Crippen LogP contribution in [-0.2, 0) is 6.54 Å². The molecule has 0 aromatic carbocycles. The summed E-state index contributed by atoms with van der Waals surface area (Å²) in [5, 5.41) is 5.04. The fourth-order valence-corrected chi connectivity index (χ4v) is 3.07. The Morgan fingerprint density at radius 1 is 1.46 bits per heavy atom. The first-order chi connectivity index (χ1) is 11.4. The van der Waals surface area contributed by atoms with Crippen LogP contribution >= 0.6 is 11.3 Å². The minimum atomic E-state index is -0.229. The van der Waals surface area contributed by atoms with E-state index in [0.29, 0.717) is 18.0 Å². The summed E-state index contributed by atoms with van der Waals surface area (Å²) in [6.07, 6.45) is 6.68. The molecule has 3 heterocycles. The lowest BCUT2D eigenvalue weighted by Crippen LogP contribution is -2.46. The highest BCUT2D eigenvalue weighted by Crippen LogP contribution is 2.28. The minimum Gasteiger partial charge on any atom is -0.442 e. The maximum absolute atomic E-state index is 12.8. The Morgan fingerprint density at radius 3 is 2.92 bits per heavy atom. The topological polar surface area (TPSA) is 73.0 Å². The largest absolute Gasteiger partial charge is 0.442 e. The van der Waals surface area contributed by atoms with Gasteiger partial charge in [0.25, 0.3) is 5.91 Å². The van der Waals surface area contributed by atoms with Crippen LogP contribution in [0.25, 0.3) is 10.6 Å². The summed E-state index contributed by atoms with van der Waals surface area (Å²) in [6.45, 7) is 6.93. The molecule has 0 radical (unpaired) electrons. The van der Waals surface area contributed by atoms with Gasteiger partial charge in [-0.2, -0.15) is 0 Å². The minimum absolute atomic E-state index is 0.0768. The SMILES string of the molecule is CC(C)(C)[C@H](Cn1ccnc1)NC(=O)c1ncoc1-c1cccs1. The van der Waals surface area contributed by atoms with Gasteiger partial charge in [-0.25, -0.2) is 9.97 Å². The monoisotopic (exact) mass is 344 g/mol. The average Bonchev–Trinajstić information content (AvgIpc) is 3.26. The van der Waals surface area contributed by atoms with Gasteiger partial charge in [0.05, 0.1) is 17.2 Å². The van der Waals surface area contributed by atoms with E-state index in [9.17, 15) is 4.79 Å². The lowest BCUT2D eigenvalue weighted by Gasteiger charge is -2.31. The van der Waals surface area contributed by atoms with E-state index in [-0.39, 0.29) is 17.4 Å². The lowest BCUT2D eigenvalue weighted by atomic mass is 9.86. The molecule has 3 aromatic rings. The van der Waals surface area contributed by atoms with Crippen molar-refractivity contribution in [1.29, 1.82) is 0 Å². The fraction of sp³-hybridized carbons (Fsp3) is 0.353. The van der Waals surface area contributed by atoms with Crippen LogP contribution in [0, 0.1) is 5.41 Å². The molecule has 0 saturated carbocycles. The standard InChI is InChI=1S/C17H20N4O2S/c1-17(2,3)13(9-21-7-6-18-10-21)20-16(22)14-15(23-11-19-14)12-5-4-8-24-12/h4-8,10-11,13H,9H2,1-3H3,(H,20,22)/t13-/m0/s1. The first kappa shape index (κ1) is 16.4. The number of imidazole rings is 1. The quantitative estimate of drug-likeness (QED) is 0.769. The molecule has 7 heteroatoms. The van der Waals surface area contributed by atoms with Crippen molar-refractivity contribution in [3.63, 3.8) is 0 Å². The van der Waals surface area contributed by atoms with Gasteiger partial charge in [0.15, 0.2) is 17.8 Å². The Balaban J connectivity index is 1.80. The molecule has 3 rings (SSSR count). The van der Waals surface area contributed by atoms with Crippen LogP contribution in [-0.4, -0.2) is 26.5 Å². The van der Waals surface area contributed by atoms with Crippen molar-refractivity contribution in [1.82, 2.24) is 19.9 Å². The highest BCUT2D eigenvalue weighted by atomic mass is 32.1. The molecule has 126 valence electrons. The molecule has 1 N–H and O–H groups in total. The summed E-state index contributed by atoms with van der Waals surface area (Å²) < 4.78 is 7.38. The number of rotatable bonds is 5. The van der Waals surface area contributed by atoms with Crippen LogP contribution in [0.2, 0.25) is 0 Å². The number of amides is 1. The first-order valence-electron chi connectivity index (χ1n) is 7.69. The molecule has 0 saturated heterocycles. The third kappa shape index (κ3) is 3.56. The van der Waals surface area contributed by atoms with Gasteiger partial charge >= 0.3 is 0 Å². The van der Waals surface area contributed by atoms with Crippen molar-refractivity contribution in [3.05, 3.63) is 48.3 Å². The fourth-order valence-electron chi connectivity index (χ4n) is 2.36. The van der Waals surface area contributed by atoms with E-state index in [4.69, 9.17) is 4.42 Å². The number of oxazole rings is 1. The van der Waals surface area contributed by atoms with Crippen LogP contribution in [0.5, 0.6) is 0 Å². The molecule has 0 unspecified atom stereocenters. The Morgan fingerprint density at radius 2 is 2.29 bits per heavy atom. The van der Waals surface area contributed by atoms with E-state index in [1.165, 1.54) is 17.7 Å². The molecule has 0 aliphatic heterocycles. The second-order valence-electron chi connectivity index (χ2n) is 6.66. The van der Waals surface area contributed by atoms with Crippen molar-refractivity contribution in [2.75, 3.05) is 0 Å². The maximum Gasteiger partial charge on any atom is 0.274 e. The normalized spacial score (nSPS) is 13.0. The molecule has 0 aliphatic rings. The predicted molar refractivity (Wildman–Crippen MR) is 92.8 cm³/mol. The summed E-state index contributed by atoms with van der Waals surface area (Å²) >= 11 is 1.51. The first-order valence-corrected chi connectivity index (χ1v) is 8.57. The van der Waals surface area contributed by atoms with Crippen molar-refractivity contribution < 1.29 is 9.21 Å². The zero-order valence-electron chi connectivity index (χ0n) is 13.9. The van der Waals surface area contributed by atoms with E-state index >= 15 is 0 Å². The van der Waals surface area contributed by atoms with Crippen LogP contribution in [0.4, 0.5) is 0 Å². The van der Waals surface area contributed by atoms with E-state index < -0.39 is 0 Å². The Bertz CT molecular complexity index is 785. The molecule has 1 atom stereocenters. The van der Waals surface area contributed by atoms with Crippen molar-refractivity contribution in [2.24, 2.45) is 5.41 Å². The number of hydrogen-bond donors (Lipinski definition) is 1. The predicted octanol–water partition coefficient (Wildman–Crippen LogP) is 3.44. The van der Waals surface area contributed by atoms with Crippen molar-refractivity contribution in [3.8, 4) is 10.6 Å². The second-order valence-corrected chi connectivity index (χ2v) is 7.61.